The Hall–Kier alpha value is -1.78. The van der Waals surface area contributed by atoms with Crippen molar-refractivity contribution in [1.29, 1.82) is 0 Å². The average molecular weight is 249 g/mol. The van der Waals surface area contributed by atoms with Crippen LogP contribution in [0.25, 0.3) is 0 Å². The number of nitrogens with two attached hydrogens (primary N) is 1. The van der Waals surface area contributed by atoms with Crippen molar-refractivity contribution in [3.8, 4) is 0 Å². The molecule has 1 aliphatic heterocycles. The van der Waals surface area contributed by atoms with Gasteiger partial charge in [0, 0.05) is 13.1 Å². The lowest BCUT2D eigenvalue weighted by Gasteiger charge is -2.22. The van der Waals surface area contributed by atoms with Gasteiger partial charge in [-0.05, 0) is 18.9 Å². The predicted molar refractivity (Wildman–Crippen MR) is 70.7 cm³/mol. The highest BCUT2D eigenvalue weighted by atomic mass is 16.5. The Morgan fingerprint density at radius 2 is 2.00 bits per heavy atom. The Morgan fingerprint density at radius 3 is 2.61 bits per heavy atom. The first kappa shape index (κ1) is 12.7. The van der Waals surface area contributed by atoms with E-state index < -0.39 is 5.97 Å². The number of rotatable bonds is 2. The lowest BCUT2D eigenvalue weighted by molar-refractivity contribution is 0.0602. The number of nitrogen functional groups attached to an aromatic ring is 1. The van der Waals surface area contributed by atoms with Crippen LogP contribution in [-0.4, -0.2) is 31.2 Å². The van der Waals surface area contributed by atoms with Crippen LogP contribution in [0.15, 0.2) is 12.3 Å². The van der Waals surface area contributed by atoms with Crippen molar-refractivity contribution >= 4 is 17.5 Å². The molecular formula is C13H19N3O2. The summed E-state index contributed by atoms with van der Waals surface area (Å²) in [6, 6.07) is 1.73. The number of nitrogens with zero attached hydrogens (tertiary/aromatic N) is 2. The van der Waals surface area contributed by atoms with Crippen LogP contribution in [0.1, 0.15) is 36.0 Å². The molecule has 1 fully saturated rings. The first-order chi connectivity index (χ1) is 8.72. The number of esters is 1. The molecule has 1 aromatic rings. The maximum absolute atomic E-state index is 11.6. The summed E-state index contributed by atoms with van der Waals surface area (Å²) in [5.41, 5.74) is 6.50. The quantitative estimate of drug-likeness (QED) is 0.810. The first-order valence-corrected chi connectivity index (χ1v) is 6.31. The summed E-state index contributed by atoms with van der Waals surface area (Å²) in [5.74, 6) is 0.400. The average Bonchev–Trinajstić information content (AvgIpc) is 2.67. The second-order valence-electron chi connectivity index (χ2n) is 4.52. The van der Waals surface area contributed by atoms with E-state index in [9.17, 15) is 4.79 Å². The van der Waals surface area contributed by atoms with Crippen LogP contribution < -0.4 is 10.6 Å². The fraction of sp³-hybridized carbons (Fsp3) is 0.538. The van der Waals surface area contributed by atoms with Crippen molar-refractivity contribution < 1.29 is 9.53 Å². The summed E-state index contributed by atoms with van der Waals surface area (Å²) in [7, 11) is 1.35. The van der Waals surface area contributed by atoms with Crippen LogP contribution >= 0.6 is 0 Å². The third-order valence-corrected chi connectivity index (χ3v) is 3.26. The van der Waals surface area contributed by atoms with E-state index in [0.717, 1.165) is 18.9 Å². The summed E-state index contributed by atoms with van der Waals surface area (Å²) in [6.07, 6.45) is 6.39. The molecule has 0 aromatic carbocycles. The Bertz CT molecular complexity index is 426. The molecule has 0 unspecified atom stereocenters. The van der Waals surface area contributed by atoms with Crippen molar-refractivity contribution in [1.82, 2.24) is 4.98 Å². The smallest absolute Gasteiger partial charge is 0.340 e. The van der Waals surface area contributed by atoms with Crippen molar-refractivity contribution in [2.24, 2.45) is 0 Å². The minimum Gasteiger partial charge on any atom is -0.465 e. The second kappa shape index (κ2) is 5.71. The summed E-state index contributed by atoms with van der Waals surface area (Å²) >= 11 is 0. The summed E-state index contributed by atoms with van der Waals surface area (Å²) < 4.78 is 4.72. The van der Waals surface area contributed by atoms with Gasteiger partial charge in [-0.1, -0.05) is 12.8 Å². The highest BCUT2D eigenvalue weighted by Crippen LogP contribution is 2.21. The number of aromatic nitrogens is 1. The lowest BCUT2D eigenvalue weighted by atomic mass is 10.2. The fourth-order valence-corrected chi connectivity index (χ4v) is 2.21. The zero-order valence-corrected chi connectivity index (χ0v) is 10.7. The second-order valence-corrected chi connectivity index (χ2v) is 4.52. The lowest BCUT2D eigenvalue weighted by Crippen LogP contribution is -2.25. The van der Waals surface area contributed by atoms with E-state index in [-0.39, 0.29) is 0 Å². The maximum Gasteiger partial charge on any atom is 0.340 e. The monoisotopic (exact) mass is 249 g/mol. The molecule has 18 heavy (non-hydrogen) atoms. The van der Waals surface area contributed by atoms with Gasteiger partial charge in [0.25, 0.3) is 0 Å². The topological polar surface area (TPSA) is 68.5 Å². The summed E-state index contributed by atoms with van der Waals surface area (Å²) in [5, 5.41) is 0. The van der Waals surface area contributed by atoms with Gasteiger partial charge in [-0.25, -0.2) is 9.78 Å². The third kappa shape index (κ3) is 2.72. The van der Waals surface area contributed by atoms with E-state index in [1.807, 2.05) is 0 Å². The molecule has 2 rings (SSSR count). The van der Waals surface area contributed by atoms with Crippen LogP contribution in [0, 0.1) is 0 Å². The highest BCUT2D eigenvalue weighted by Gasteiger charge is 2.16. The largest absolute Gasteiger partial charge is 0.465 e. The zero-order valence-electron chi connectivity index (χ0n) is 10.7. The van der Waals surface area contributed by atoms with Crippen LogP contribution in [0.3, 0.4) is 0 Å². The van der Waals surface area contributed by atoms with E-state index in [4.69, 9.17) is 10.5 Å². The van der Waals surface area contributed by atoms with Gasteiger partial charge < -0.3 is 15.4 Å². The Labute approximate surface area is 107 Å². The van der Waals surface area contributed by atoms with Gasteiger partial charge >= 0.3 is 5.97 Å². The Morgan fingerprint density at radius 1 is 1.33 bits per heavy atom. The molecule has 98 valence electrons. The number of ether oxygens (including phenoxy) is 1. The van der Waals surface area contributed by atoms with Crippen LogP contribution in [0.4, 0.5) is 11.5 Å². The molecule has 0 spiro atoms. The van der Waals surface area contributed by atoms with E-state index in [0.29, 0.717) is 11.3 Å². The molecule has 0 bridgehead atoms. The number of anilines is 2. The molecule has 1 aromatic heterocycles. The normalized spacial score (nSPS) is 16.2. The molecule has 2 heterocycles. The van der Waals surface area contributed by atoms with Gasteiger partial charge in [-0.3, -0.25) is 0 Å². The molecular weight excluding hydrogens is 230 g/mol. The highest BCUT2D eigenvalue weighted by molar-refractivity contribution is 5.95. The minimum atomic E-state index is -0.411. The number of methoxy groups -OCH3 is 1. The van der Waals surface area contributed by atoms with Crippen LogP contribution in [-0.2, 0) is 4.74 Å². The van der Waals surface area contributed by atoms with Crippen LogP contribution in [0.5, 0.6) is 0 Å². The minimum absolute atomic E-state index is 0.362. The number of carbonyl (C=O) groups excluding carboxylic acids is 1. The molecule has 5 heteroatoms. The molecule has 2 N–H and O–H groups in total. The molecule has 0 atom stereocenters. The molecule has 5 nitrogen and oxygen atoms in total. The van der Waals surface area contributed by atoms with E-state index >= 15 is 0 Å². The number of carbonyl (C=O) groups is 1. The predicted octanol–water partition coefficient (Wildman–Crippen LogP) is 1.83. The van der Waals surface area contributed by atoms with E-state index in [2.05, 4.69) is 9.88 Å². The van der Waals surface area contributed by atoms with Crippen molar-refractivity contribution in [3.63, 3.8) is 0 Å². The summed E-state index contributed by atoms with van der Waals surface area (Å²) in [4.78, 5) is 18.1. The SMILES string of the molecule is COC(=O)c1cc(N2CCCCCC2)ncc1N. The fourth-order valence-electron chi connectivity index (χ4n) is 2.21. The van der Waals surface area contributed by atoms with Gasteiger partial charge in [-0.15, -0.1) is 0 Å². The van der Waals surface area contributed by atoms with E-state index in [1.165, 1.54) is 39.0 Å². The molecule has 1 saturated heterocycles. The number of pyridine rings is 1. The van der Waals surface area contributed by atoms with E-state index in [1.54, 1.807) is 6.07 Å². The summed E-state index contributed by atoms with van der Waals surface area (Å²) in [6.45, 7) is 1.97. The Balaban J connectivity index is 2.25. The van der Waals surface area contributed by atoms with Crippen molar-refractivity contribution in [2.75, 3.05) is 30.8 Å². The number of hydrogen-bond acceptors (Lipinski definition) is 5. The number of hydrogen-bond donors (Lipinski definition) is 1. The molecule has 0 radical (unpaired) electrons. The molecule has 1 aliphatic rings. The third-order valence-electron chi connectivity index (χ3n) is 3.26. The molecule has 0 amide bonds. The van der Waals surface area contributed by atoms with Gasteiger partial charge in [0.1, 0.15) is 5.82 Å². The van der Waals surface area contributed by atoms with Gasteiger partial charge in [0.05, 0.1) is 24.6 Å². The van der Waals surface area contributed by atoms with Gasteiger partial charge in [0.2, 0.25) is 0 Å². The molecule has 0 aliphatic carbocycles. The van der Waals surface area contributed by atoms with Gasteiger partial charge in [-0.2, -0.15) is 0 Å². The Kier molecular flexibility index (Phi) is 4.02. The van der Waals surface area contributed by atoms with Crippen molar-refractivity contribution in [3.05, 3.63) is 17.8 Å². The zero-order chi connectivity index (χ0) is 13.0. The molecule has 0 saturated carbocycles. The van der Waals surface area contributed by atoms with Crippen LogP contribution in [0.2, 0.25) is 0 Å². The standard InChI is InChI=1S/C13H19N3O2/c1-18-13(17)10-8-12(15-9-11(10)14)16-6-4-2-3-5-7-16/h8-9H,2-7,14H2,1H3. The first-order valence-electron chi connectivity index (χ1n) is 6.31. The van der Waals surface area contributed by atoms with Gasteiger partial charge in [0.15, 0.2) is 0 Å². The van der Waals surface area contributed by atoms with Crippen molar-refractivity contribution in [2.45, 2.75) is 25.7 Å². The maximum atomic E-state index is 11.6.